The third kappa shape index (κ3) is 2.88. The number of aromatic amines is 1. The molecule has 0 spiro atoms. The van der Waals surface area contributed by atoms with Gasteiger partial charge in [0.2, 0.25) is 5.95 Å². The van der Waals surface area contributed by atoms with E-state index in [9.17, 15) is 13.6 Å². The highest BCUT2D eigenvalue weighted by Gasteiger charge is 2.24. The zero-order chi connectivity index (χ0) is 17.6. The van der Waals surface area contributed by atoms with Crippen molar-refractivity contribution >= 4 is 5.95 Å². The summed E-state index contributed by atoms with van der Waals surface area (Å²) in [5.41, 5.74) is 2.65. The van der Waals surface area contributed by atoms with E-state index >= 15 is 0 Å². The van der Waals surface area contributed by atoms with Crippen LogP contribution in [0.25, 0.3) is 11.5 Å². The van der Waals surface area contributed by atoms with E-state index < -0.39 is 17.4 Å². The Bertz CT molecular complexity index is 983. The van der Waals surface area contributed by atoms with E-state index in [1.54, 1.807) is 6.92 Å². The second-order valence-corrected chi connectivity index (χ2v) is 5.90. The molecule has 1 aromatic carbocycles. The minimum Gasteiger partial charge on any atom is -0.388 e. The lowest BCUT2D eigenvalue weighted by molar-refractivity contribution is 0.507. The molecule has 0 fully saturated rings. The number of benzene rings is 1. The van der Waals surface area contributed by atoms with Gasteiger partial charge in [-0.15, -0.1) is 5.10 Å². The van der Waals surface area contributed by atoms with Crippen LogP contribution >= 0.6 is 0 Å². The van der Waals surface area contributed by atoms with Crippen LogP contribution in [0.5, 0.6) is 0 Å². The van der Waals surface area contributed by atoms with Crippen molar-refractivity contribution in [1.82, 2.24) is 20.2 Å². The lowest BCUT2D eigenvalue weighted by Crippen LogP contribution is -2.21. The second-order valence-electron chi connectivity index (χ2n) is 5.90. The maximum Gasteiger partial charge on any atom is 0.434 e. The van der Waals surface area contributed by atoms with Crippen LogP contribution in [-0.2, 0) is 12.8 Å². The number of nitrogens with zero attached hydrogens (tertiary/aromatic N) is 3. The summed E-state index contributed by atoms with van der Waals surface area (Å²) in [6.07, 6.45) is 2.63. The summed E-state index contributed by atoms with van der Waals surface area (Å²) in [5, 5.41) is 9.09. The van der Waals surface area contributed by atoms with Crippen LogP contribution in [0.3, 0.4) is 0 Å². The molecule has 2 aromatic heterocycles. The lowest BCUT2D eigenvalue weighted by atomic mass is 10.1. The zero-order valence-corrected chi connectivity index (χ0v) is 13.1. The van der Waals surface area contributed by atoms with Gasteiger partial charge in [-0.2, -0.15) is 0 Å². The normalized spacial score (nSPS) is 13.9. The molecule has 7 nitrogen and oxygen atoms in total. The van der Waals surface area contributed by atoms with Crippen LogP contribution in [0.4, 0.5) is 14.7 Å². The number of aryl methyl sites for hydroxylation is 1. The van der Waals surface area contributed by atoms with Crippen LogP contribution < -0.4 is 11.1 Å². The van der Waals surface area contributed by atoms with E-state index in [1.165, 1.54) is 18.3 Å². The summed E-state index contributed by atoms with van der Waals surface area (Å²) in [5.74, 6) is -1.82. The van der Waals surface area contributed by atoms with Crippen LogP contribution in [0.1, 0.15) is 16.8 Å². The van der Waals surface area contributed by atoms with Gasteiger partial charge < -0.3 is 9.73 Å². The number of halogens is 2. The monoisotopic (exact) mass is 345 g/mol. The summed E-state index contributed by atoms with van der Waals surface area (Å²) in [6, 6.07) is 2.42. The average molecular weight is 345 g/mol. The molecule has 4 rings (SSSR count). The SMILES string of the molecule is Cc1nc(NC2Cc3cc(F)c(F)cc3C2)ncc1-c1n[nH]c(=O)o1. The molecule has 2 N–H and O–H groups in total. The molecule has 0 atom stereocenters. The minimum atomic E-state index is -0.837. The predicted molar refractivity (Wildman–Crippen MR) is 84.1 cm³/mol. The van der Waals surface area contributed by atoms with Gasteiger partial charge in [0.15, 0.2) is 11.6 Å². The minimum absolute atomic E-state index is 0.0511. The van der Waals surface area contributed by atoms with E-state index in [2.05, 4.69) is 25.5 Å². The summed E-state index contributed by atoms with van der Waals surface area (Å²) < 4.78 is 31.6. The Morgan fingerprint density at radius 2 is 1.92 bits per heavy atom. The van der Waals surface area contributed by atoms with Gasteiger partial charge in [-0.25, -0.2) is 28.6 Å². The van der Waals surface area contributed by atoms with Gasteiger partial charge in [0.25, 0.3) is 5.89 Å². The maximum absolute atomic E-state index is 13.3. The Hall–Kier alpha value is -3.10. The van der Waals surface area contributed by atoms with Crippen molar-refractivity contribution in [2.24, 2.45) is 0 Å². The van der Waals surface area contributed by atoms with Gasteiger partial charge >= 0.3 is 5.76 Å². The Morgan fingerprint density at radius 3 is 2.48 bits per heavy atom. The summed E-state index contributed by atoms with van der Waals surface area (Å²) in [4.78, 5) is 19.6. The number of anilines is 1. The summed E-state index contributed by atoms with van der Waals surface area (Å²) >= 11 is 0. The topological polar surface area (TPSA) is 96.7 Å². The molecular formula is C16H13F2N5O2. The highest BCUT2D eigenvalue weighted by atomic mass is 19.2. The van der Waals surface area contributed by atoms with Gasteiger partial charge in [-0.05, 0) is 43.0 Å². The number of fused-ring (bicyclic) bond motifs is 1. The highest BCUT2D eigenvalue weighted by Crippen LogP contribution is 2.27. The molecule has 0 bridgehead atoms. The Balaban J connectivity index is 1.52. The molecule has 2 heterocycles. The molecular weight excluding hydrogens is 332 g/mol. The van der Waals surface area contributed by atoms with E-state index in [-0.39, 0.29) is 11.9 Å². The van der Waals surface area contributed by atoms with Gasteiger partial charge in [0, 0.05) is 12.2 Å². The number of rotatable bonds is 3. The van der Waals surface area contributed by atoms with Crippen molar-refractivity contribution in [3.05, 3.63) is 57.3 Å². The fourth-order valence-electron chi connectivity index (χ4n) is 2.99. The van der Waals surface area contributed by atoms with Gasteiger partial charge in [-0.1, -0.05) is 0 Å². The molecule has 0 aliphatic heterocycles. The molecule has 3 aromatic rings. The third-order valence-electron chi connectivity index (χ3n) is 4.16. The first-order chi connectivity index (χ1) is 12.0. The van der Waals surface area contributed by atoms with Crippen molar-refractivity contribution in [3.8, 4) is 11.5 Å². The molecule has 128 valence electrons. The van der Waals surface area contributed by atoms with Gasteiger partial charge in [0.05, 0.1) is 11.3 Å². The van der Waals surface area contributed by atoms with Crippen LogP contribution in [0.2, 0.25) is 0 Å². The fraction of sp³-hybridized carbons (Fsp3) is 0.250. The van der Waals surface area contributed by atoms with E-state index in [4.69, 9.17) is 4.42 Å². The zero-order valence-electron chi connectivity index (χ0n) is 13.1. The summed E-state index contributed by atoms with van der Waals surface area (Å²) in [6.45, 7) is 1.74. The van der Waals surface area contributed by atoms with Gasteiger partial charge in [-0.3, -0.25) is 0 Å². The van der Waals surface area contributed by atoms with Crippen LogP contribution in [0.15, 0.2) is 27.5 Å². The standard InChI is InChI=1S/C16H13F2N5O2/c1-7-11(14-22-23-16(24)25-14)6-19-15(20-7)21-10-2-8-4-12(17)13(18)5-9(8)3-10/h4-6,10H,2-3H2,1H3,(H,23,24)(H,19,20,21). The van der Waals surface area contributed by atoms with Crippen molar-refractivity contribution in [3.63, 3.8) is 0 Å². The predicted octanol–water partition coefficient (Wildman–Crippen LogP) is 1.99. The van der Waals surface area contributed by atoms with Crippen molar-refractivity contribution in [2.75, 3.05) is 5.32 Å². The quantitative estimate of drug-likeness (QED) is 0.753. The molecule has 1 aliphatic rings. The number of hydrogen-bond donors (Lipinski definition) is 2. The van der Waals surface area contributed by atoms with Crippen molar-refractivity contribution < 1.29 is 13.2 Å². The second kappa shape index (κ2) is 5.76. The first-order valence-corrected chi connectivity index (χ1v) is 7.62. The van der Waals surface area contributed by atoms with E-state index in [0.717, 1.165) is 11.1 Å². The van der Waals surface area contributed by atoms with Crippen molar-refractivity contribution in [2.45, 2.75) is 25.8 Å². The van der Waals surface area contributed by atoms with Crippen LogP contribution in [-0.4, -0.2) is 26.2 Å². The number of nitrogens with one attached hydrogen (secondary N) is 2. The van der Waals surface area contributed by atoms with E-state index in [0.29, 0.717) is 30.0 Å². The average Bonchev–Trinajstić information content (AvgIpc) is 3.14. The molecule has 0 saturated carbocycles. The first-order valence-electron chi connectivity index (χ1n) is 7.62. The fourth-order valence-corrected chi connectivity index (χ4v) is 2.99. The molecule has 0 saturated heterocycles. The number of hydrogen-bond acceptors (Lipinski definition) is 6. The molecule has 0 amide bonds. The largest absolute Gasteiger partial charge is 0.434 e. The molecule has 25 heavy (non-hydrogen) atoms. The Kier molecular flexibility index (Phi) is 3.56. The number of aromatic nitrogens is 4. The smallest absolute Gasteiger partial charge is 0.388 e. The molecule has 0 unspecified atom stereocenters. The molecule has 9 heteroatoms. The van der Waals surface area contributed by atoms with Crippen molar-refractivity contribution in [1.29, 1.82) is 0 Å². The highest BCUT2D eigenvalue weighted by molar-refractivity contribution is 5.55. The Morgan fingerprint density at radius 1 is 1.24 bits per heavy atom. The maximum atomic E-state index is 13.3. The lowest BCUT2D eigenvalue weighted by Gasteiger charge is -2.12. The molecule has 0 radical (unpaired) electrons. The van der Waals surface area contributed by atoms with Crippen LogP contribution in [0, 0.1) is 18.6 Å². The number of H-pyrrole nitrogens is 1. The third-order valence-corrected chi connectivity index (χ3v) is 4.16. The van der Waals surface area contributed by atoms with Gasteiger partial charge in [0.1, 0.15) is 0 Å². The first kappa shape index (κ1) is 15.4. The van der Waals surface area contributed by atoms with E-state index in [1.807, 2.05) is 0 Å². The molecule has 1 aliphatic carbocycles. The Labute approximate surface area is 140 Å². The summed E-state index contributed by atoms with van der Waals surface area (Å²) in [7, 11) is 0.